The number of likely N-dealkylation sites (tertiary alicyclic amines) is 1. The summed E-state index contributed by atoms with van der Waals surface area (Å²) in [5, 5.41) is 11.6. The Morgan fingerprint density at radius 3 is 2.29 bits per heavy atom. The second-order valence-corrected chi connectivity index (χ2v) is 6.33. The molecule has 1 fully saturated rings. The molecule has 1 heterocycles. The first-order chi connectivity index (χ1) is 9.92. The van der Waals surface area contributed by atoms with E-state index in [9.17, 15) is 9.59 Å². The Bertz CT molecular complexity index is 343. The monoisotopic (exact) mass is 298 g/mol. The van der Waals surface area contributed by atoms with Gasteiger partial charge in [-0.3, -0.25) is 4.79 Å². The Hall–Kier alpha value is -1.26. The van der Waals surface area contributed by atoms with Crippen molar-refractivity contribution in [3.8, 4) is 0 Å². The van der Waals surface area contributed by atoms with E-state index in [4.69, 9.17) is 5.11 Å². The van der Waals surface area contributed by atoms with Gasteiger partial charge in [0, 0.05) is 25.6 Å². The normalized spacial score (nSPS) is 19.1. The summed E-state index contributed by atoms with van der Waals surface area (Å²) in [5.74, 6) is -0.778. The highest BCUT2D eigenvalue weighted by Gasteiger charge is 2.32. The number of carbonyl (C=O) groups is 2. The summed E-state index contributed by atoms with van der Waals surface area (Å²) in [6, 6.07) is 0.0273. The van der Waals surface area contributed by atoms with Crippen LogP contribution in [-0.2, 0) is 4.79 Å². The predicted molar refractivity (Wildman–Crippen MR) is 83.3 cm³/mol. The third-order valence-corrected chi connectivity index (χ3v) is 5.01. The standard InChI is InChI=1S/C16H30N2O3/c1-4-16(5-2)9-11-18(12-10-16)15(21)17-13(3)7-6-8-14(19)20/h13H,4-12H2,1-3H3,(H,17,21)(H,19,20). The number of carboxylic acids is 1. The lowest BCUT2D eigenvalue weighted by molar-refractivity contribution is -0.137. The summed E-state index contributed by atoms with van der Waals surface area (Å²) in [4.78, 5) is 24.6. The number of hydrogen-bond donors (Lipinski definition) is 2. The number of nitrogens with one attached hydrogen (secondary N) is 1. The highest BCUT2D eigenvalue weighted by atomic mass is 16.4. The van der Waals surface area contributed by atoms with Crippen molar-refractivity contribution in [2.75, 3.05) is 13.1 Å². The molecule has 0 aliphatic carbocycles. The number of aliphatic carboxylic acids is 1. The molecule has 0 spiro atoms. The van der Waals surface area contributed by atoms with E-state index in [0.29, 0.717) is 18.3 Å². The van der Waals surface area contributed by atoms with Gasteiger partial charge in [0.05, 0.1) is 0 Å². The van der Waals surface area contributed by atoms with Crippen LogP contribution in [0.4, 0.5) is 4.79 Å². The van der Waals surface area contributed by atoms with Crippen LogP contribution in [0.25, 0.3) is 0 Å². The Morgan fingerprint density at radius 2 is 1.81 bits per heavy atom. The number of piperidine rings is 1. The summed E-state index contributed by atoms with van der Waals surface area (Å²) in [5.41, 5.74) is 0.421. The van der Waals surface area contributed by atoms with Gasteiger partial charge in [0.25, 0.3) is 0 Å². The molecule has 1 saturated heterocycles. The van der Waals surface area contributed by atoms with Gasteiger partial charge in [-0.15, -0.1) is 0 Å². The largest absolute Gasteiger partial charge is 0.481 e. The average Bonchev–Trinajstić information content (AvgIpc) is 2.46. The van der Waals surface area contributed by atoms with E-state index in [1.54, 1.807) is 0 Å². The molecule has 1 unspecified atom stereocenters. The number of rotatable bonds is 7. The maximum atomic E-state index is 12.2. The molecular weight excluding hydrogens is 268 g/mol. The van der Waals surface area contributed by atoms with Crippen LogP contribution < -0.4 is 5.32 Å². The first-order valence-electron chi connectivity index (χ1n) is 8.19. The van der Waals surface area contributed by atoms with Crippen LogP contribution in [0.5, 0.6) is 0 Å². The van der Waals surface area contributed by atoms with E-state index >= 15 is 0 Å². The zero-order chi connectivity index (χ0) is 15.9. The molecule has 5 nitrogen and oxygen atoms in total. The molecule has 0 bridgehead atoms. The fraction of sp³-hybridized carbons (Fsp3) is 0.875. The van der Waals surface area contributed by atoms with Crippen LogP contribution in [0, 0.1) is 5.41 Å². The second kappa shape index (κ2) is 8.25. The Kier molecular flexibility index (Phi) is 6.99. The minimum Gasteiger partial charge on any atom is -0.481 e. The van der Waals surface area contributed by atoms with Gasteiger partial charge >= 0.3 is 12.0 Å². The molecule has 1 rings (SSSR count). The highest BCUT2D eigenvalue weighted by Crippen LogP contribution is 2.37. The first kappa shape index (κ1) is 17.8. The van der Waals surface area contributed by atoms with E-state index in [0.717, 1.165) is 25.9 Å². The van der Waals surface area contributed by atoms with Crippen LogP contribution in [-0.4, -0.2) is 41.1 Å². The van der Waals surface area contributed by atoms with Crippen LogP contribution in [0.15, 0.2) is 0 Å². The van der Waals surface area contributed by atoms with Crippen molar-refractivity contribution in [1.82, 2.24) is 10.2 Å². The molecule has 2 amide bonds. The molecular formula is C16H30N2O3. The third-order valence-electron chi connectivity index (χ3n) is 5.01. The fourth-order valence-electron chi connectivity index (χ4n) is 3.07. The van der Waals surface area contributed by atoms with E-state index in [2.05, 4.69) is 19.2 Å². The number of nitrogens with zero attached hydrogens (tertiary/aromatic N) is 1. The minimum atomic E-state index is -0.778. The van der Waals surface area contributed by atoms with E-state index in [1.165, 1.54) is 12.8 Å². The molecule has 2 N–H and O–H groups in total. The summed E-state index contributed by atoms with van der Waals surface area (Å²) in [6.07, 6.45) is 6.02. The van der Waals surface area contributed by atoms with E-state index in [1.807, 2.05) is 11.8 Å². The average molecular weight is 298 g/mol. The molecule has 0 radical (unpaired) electrons. The molecule has 122 valence electrons. The molecule has 0 aromatic heterocycles. The van der Waals surface area contributed by atoms with E-state index in [-0.39, 0.29) is 18.5 Å². The topological polar surface area (TPSA) is 69.6 Å². The first-order valence-corrected chi connectivity index (χ1v) is 8.19. The highest BCUT2D eigenvalue weighted by molar-refractivity contribution is 5.74. The van der Waals surface area contributed by atoms with Gasteiger partial charge < -0.3 is 15.3 Å². The Labute approximate surface area is 128 Å². The van der Waals surface area contributed by atoms with Gasteiger partial charge in [-0.25, -0.2) is 4.79 Å². The number of carbonyl (C=O) groups excluding carboxylic acids is 1. The quantitative estimate of drug-likeness (QED) is 0.758. The lowest BCUT2D eigenvalue weighted by atomic mass is 9.74. The van der Waals surface area contributed by atoms with Crippen molar-refractivity contribution in [3.63, 3.8) is 0 Å². The van der Waals surface area contributed by atoms with Crippen molar-refractivity contribution in [2.24, 2.45) is 5.41 Å². The van der Waals surface area contributed by atoms with Crippen molar-refractivity contribution in [3.05, 3.63) is 0 Å². The summed E-state index contributed by atoms with van der Waals surface area (Å²) in [7, 11) is 0. The SMILES string of the molecule is CCC1(CC)CCN(C(=O)NC(C)CCCC(=O)O)CC1. The maximum Gasteiger partial charge on any atom is 0.317 e. The molecule has 1 aliphatic rings. The second-order valence-electron chi connectivity index (χ2n) is 6.33. The van der Waals surface area contributed by atoms with Crippen LogP contribution >= 0.6 is 0 Å². The lowest BCUT2D eigenvalue weighted by Crippen LogP contribution is -2.49. The zero-order valence-corrected chi connectivity index (χ0v) is 13.7. The number of urea groups is 1. The maximum absolute atomic E-state index is 12.2. The van der Waals surface area contributed by atoms with Crippen molar-refractivity contribution in [1.29, 1.82) is 0 Å². The molecule has 1 aliphatic heterocycles. The van der Waals surface area contributed by atoms with Crippen molar-refractivity contribution >= 4 is 12.0 Å². The fourth-order valence-corrected chi connectivity index (χ4v) is 3.07. The van der Waals surface area contributed by atoms with Gasteiger partial charge in [0.15, 0.2) is 0 Å². The molecule has 0 saturated carbocycles. The smallest absolute Gasteiger partial charge is 0.317 e. The van der Waals surface area contributed by atoms with Gasteiger partial charge in [0.1, 0.15) is 0 Å². The molecule has 1 atom stereocenters. The van der Waals surface area contributed by atoms with Gasteiger partial charge in [-0.1, -0.05) is 26.7 Å². The third kappa shape index (κ3) is 5.56. The van der Waals surface area contributed by atoms with Crippen molar-refractivity contribution < 1.29 is 14.7 Å². The van der Waals surface area contributed by atoms with Crippen LogP contribution in [0.1, 0.15) is 65.7 Å². The van der Waals surface area contributed by atoms with Gasteiger partial charge in [-0.05, 0) is 38.0 Å². The minimum absolute atomic E-state index is 0.00127. The summed E-state index contributed by atoms with van der Waals surface area (Å²) in [6.45, 7) is 8.07. The predicted octanol–water partition coefficient (Wildman–Crippen LogP) is 3.24. The molecule has 5 heteroatoms. The van der Waals surface area contributed by atoms with Crippen LogP contribution in [0.3, 0.4) is 0 Å². The lowest BCUT2D eigenvalue weighted by Gasteiger charge is -2.41. The molecule has 21 heavy (non-hydrogen) atoms. The number of carboxylic acid groups (broad SMARTS) is 1. The number of hydrogen-bond acceptors (Lipinski definition) is 2. The zero-order valence-electron chi connectivity index (χ0n) is 13.7. The summed E-state index contributed by atoms with van der Waals surface area (Å²) < 4.78 is 0. The molecule has 0 aromatic rings. The number of amides is 2. The van der Waals surface area contributed by atoms with Crippen LogP contribution in [0.2, 0.25) is 0 Å². The summed E-state index contributed by atoms with van der Waals surface area (Å²) >= 11 is 0. The Balaban J connectivity index is 2.32. The van der Waals surface area contributed by atoms with E-state index < -0.39 is 5.97 Å². The van der Waals surface area contributed by atoms with Crippen molar-refractivity contribution in [2.45, 2.75) is 71.8 Å². The Morgan fingerprint density at radius 1 is 1.24 bits per heavy atom. The van der Waals surface area contributed by atoms with Gasteiger partial charge in [0.2, 0.25) is 0 Å². The van der Waals surface area contributed by atoms with Gasteiger partial charge in [-0.2, -0.15) is 0 Å². The molecule has 0 aromatic carbocycles.